The van der Waals surface area contributed by atoms with E-state index in [1.807, 2.05) is 44.2 Å². The molecule has 126 valence electrons. The van der Waals surface area contributed by atoms with Crippen LogP contribution in [0.1, 0.15) is 63.9 Å². The Bertz CT molecular complexity index is 507. The van der Waals surface area contributed by atoms with E-state index in [0.29, 0.717) is 0 Å². The average Bonchev–Trinajstić information content (AvgIpc) is 2.53. The van der Waals surface area contributed by atoms with Crippen molar-refractivity contribution in [2.75, 3.05) is 0 Å². The van der Waals surface area contributed by atoms with Gasteiger partial charge in [-0.1, -0.05) is 49.6 Å². The summed E-state index contributed by atoms with van der Waals surface area (Å²) in [7, 11) is 0. The van der Waals surface area contributed by atoms with E-state index in [9.17, 15) is 9.59 Å². The average molecular weight is 317 g/mol. The quantitative estimate of drug-likeness (QED) is 0.816. The van der Waals surface area contributed by atoms with E-state index in [1.54, 1.807) is 0 Å². The highest BCUT2D eigenvalue weighted by Gasteiger charge is 2.27. The first-order chi connectivity index (χ1) is 11.1. The summed E-state index contributed by atoms with van der Waals surface area (Å²) in [4.78, 5) is 24.7. The fourth-order valence-electron chi connectivity index (χ4n) is 3.07. The number of esters is 1. The van der Waals surface area contributed by atoms with Gasteiger partial charge in [-0.25, -0.2) is 0 Å². The van der Waals surface area contributed by atoms with Gasteiger partial charge < -0.3 is 10.1 Å². The molecule has 0 bridgehead atoms. The minimum absolute atomic E-state index is 0.0659. The Balaban J connectivity index is 2.06. The lowest BCUT2D eigenvalue weighted by Gasteiger charge is -2.25. The van der Waals surface area contributed by atoms with Crippen molar-refractivity contribution in [3.8, 4) is 0 Å². The number of hydrogen-bond donors (Lipinski definition) is 1. The van der Waals surface area contributed by atoms with Crippen LogP contribution in [0.5, 0.6) is 0 Å². The molecule has 0 aliphatic heterocycles. The summed E-state index contributed by atoms with van der Waals surface area (Å²) in [5.41, 5.74) is 0.863. The molecule has 2 rings (SSSR count). The Labute approximate surface area is 138 Å². The van der Waals surface area contributed by atoms with Crippen LogP contribution in [0.25, 0.3) is 0 Å². The molecule has 1 aliphatic rings. The van der Waals surface area contributed by atoms with Crippen LogP contribution in [0, 0.1) is 0 Å². The Kier molecular flexibility index (Phi) is 6.63. The monoisotopic (exact) mass is 317 g/mol. The first-order valence-electron chi connectivity index (χ1n) is 8.61. The number of carbonyl (C=O) groups excluding carboxylic acids is 2. The number of hydrogen-bond acceptors (Lipinski definition) is 3. The third-order valence-corrected chi connectivity index (χ3v) is 4.21. The van der Waals surface area contributed by atoms with Crippen molar-refractivity contribution < 1.29 is 14.3 Å². The van der Waals surface area contributed by atoms with E-state index < -0.39 is 5.92 Å². The topological polar surface area (TPSA) is 55.4 Å². The number of amides is 1. The molecule has 4 nitrogen and oxygen atoms in total. The highest BCUT2D eigenvalue weighted by molar-refractivity contribution is 5.88. The third kappa shape index (κ3) is 5.70. The molecule has 0 saturated heterocycles. The molecule has 0 radical (unpaired) electrons. The van der Waals surface area contributed by atoms with Gasteiger partial charge in [0.2, 0.25) is 5.91 Å². The predicted octanol–water partition coefficient (Wildman–Crippen LogP) is 3.56. The summed E-state index contributed by atoms with van der Waals surface area (Å²) in [6, 6.07) is 9.73. The molecule has 1 atom stereocenters. The maximum atomic E-state index is 12.7. The number of benzene rings is 1. The van der Waals surface area contributed by atoms with Gasteiger partial charge >= 0.3 is 5.97 Å². The second-order valence-corrected chi connectivity index (χ2v) is 6.55. The lowest BCUT2D eigenvalue weighted by atomic mass is 9.92. The van der Waals surface area contributed by atoms with Gasteiger partial charge in [0.15, 0.2) is 0 Å². The zero-order valence-corrected chi connectivity index (χ0v) is 14.1. The Hall–Kier alpha value is -1.84. The molecule has 23 heavy (non-hydrogen) atoms. The molecule has 1 N–H and O–H groups in total. The highest BCUT2D eigenvalue weighted by Crippen LogP contribution is 2.23. The Morgan fingerprint density at radius 1 is 1.13 bits per heavy atom. The lowest BCUT2D eigenvalue weighted by Crippen LogP contribution is -2.40. The summed E-state index contributed by atoms with van der Waals surface area (Å²) in [6.45, 7) is 3.63. The van der Waals surface area contributed by atoms with Crippen LogP contribution in [0.3, 0.4) is 0 Å². The second kappa shape index (κ2) is 8.70. The highest BCUT2D eigenvalue weighted by atomic mass is 16.5. The third-order valence-electron chi connectivity index (χ3n) is 4.21. The number of carbonyl (C=O) groups is 2. The largest absolute Gasteiger partial charge is 0.463 e. The smallest absolute Gasteiger partial charge is 0.307 e. The summed E-state index contributed by atoms with van der Waals surface area (Å²) < 4.78 is 5.22. The van der Waals surface area contributed by atoms with Gasteiger partial charge in [-0.15, -0.1) is 0 Å². The van der Waals surface area contributed by atoms with Crippen LogP contribution in [0.15, 0.2) is 30.3 Å². The zero-order valence-electron chi connectivity index (χ0n) is 14.1. The van der Waals surface area contributed by atoms with Crippen LogP contribution in [0.4, 0.5) is 0 Å². The maximum absolute atomic E-state index is 12.7. The minimum Gasteiger partial charge on any atom is -0.463 e. The second-order valence-electron chi connectivity index (χ2n) is 6.55. The van der Waals surface area contributed by atoms with Gasteiger partial charge in [-0.05, 0) is 32.3 Å². The summed E-state index contributed by atoms with van der Waals surface area (Å²) >= 11 is 0. The SMILES string of the molecule is CC(C)OC(=O)CC(C(=O)NC1CCCCC1)c1ccccc1. The van der Waals surface area contributed by atoms with Gasteiger partial charge in [0, 0.05) is 6.04 Å². The Morgan fingerprint density at radius 2 is 1.78 bits per heavy atom. The van der Waals surface area contributed by atoms with Gasteiger partial charge in [0.05, 0.1) is 18.4 Å². The van der Waals surface area contributed by atoms with Gasteiger partial charge in [-0.2, -0.15) is 0 Å². The maximum Gasteiger partial charge on any atom is 0.307 e. The van der Waals surface area contributed by atoms with E-state index in [2.05, 4.69) is 5.32 Å². The fourth-order valence-corrected chi connectivity index (χ4v) is 3.07. The summed E-state index contributed by atoms with van der Waals surface area (Å²) in [6.07, 6.45) is 5.55. The van der Waals surface area contributed by atoms with E-state index in [1.165, 1.54) is 6.42 Å². The number of rotatable bonds is 6. The van der Waals surface area contributed by atoms with Crippen LogP contribution in [-0.4, -0.2) is 24.0 Å². The lowest BCUT2D eigenvalue weighted by molar-refractivity contribution is -0.149. The molecule has 1 unspecified atom stereocenters. The summed E-state index contributed by atoms with van der Waals surface area (Å²) in [5, 5.41) is 3.13. The van der Waals surface area contributed by atoms with Crippen molar-refractivity contribution in [2.24, 2.45) is 0 Å². The van der Waals surface area contributed by atoms with Crippen LogP contribution in [0.2, 0.25) is 0 Å². The van der Waals surface area contributed by atoms with Gasteiger partial charge in [-0.3, -0.25) is 9.59 Å². The van der Waals surface area contributed by atoms with Crippen molar-refractivity contribution in [1.82, 2.24) is 5.32 Å². The first kappa shape index (κ1) is 17.5. The molecule has 4 heteroatoms. The van der Waals surface area contributed by atoms with Crippen LogP contribution in [-0.2, 0) is 14.3 Å². The van der Waals surface area contributed by atoms with Gasteiger partial charge in [0.1, 0.15) is 0 Å². The molecule has 1 saturated carbocycles. The molecule has 1 aromatic rings. The van der Waals surface area contributed by atoms with Crippen molar-refractivity contribution in [3.63, 3.8) is 0 Å². The van der Waals surface area contributed by atoms with E-state index >= 15 is 0 Å². The van der Waals surface area contributed by atoms with Crippen molar-refractivity contribution >= 4 is 11.9 Å². The van der Waals surface area contributed by atoms with Crippen LogP contribution < -0.4 is 5.32 Å². The first-order valence-corrected chi connectivity index (χ1v) is 8.61. The number of ether oxygens (including phenoxy) is 1. The predicted molar refractivity (Wildman–Crippen MR) is 90.0 cm³/mol. The molecule has 1 aliphatic carbocycles. The van der Waals surface area contributed by atoms with Crippen LogP contribution >= 0.6 is 0 Å². The molecule has 1 fully saturated rings. The van der Waals surface area contributed by atoms with Crippen molar-refractivity contribution in [3.05, 3.63) is 35.9 Å². The molecular weight excluding hydrogens is 290 g/mol. The molecule has 0 heterocycles. The molecule has 1 amide bonds. The van der Waals surface area contributed by atoms with E-state index in [4.69, 9.17) is 4.74 Å². The number of nitrogens with one attached hydrogen (secondary N) is 1. The summed E-state index contributed by atoms with van der Waals surface area (Å²) in [5.74, 6) is -0.874. The molecular formula is C19H27NO3. The molecule has 0 aromatic heterocycles. The van der Waals surface area contributed by atoms with Crippen molar-refractivity contribution in [2.45, 2.75) is 70.4 Å². The molecule has 0 spiro atoms. The zero-order chi connectivity index (χ0) is 16.7. The minimum atomic E-state index is -0.482. The van der Waals surface area contributed by atoms with E-state index in [-0.39, 0.29) is 30.4 Å². The fraction of sp³-hybridized carbons (Fsp3) is 0.579. The normalized spacial score (nSPS) is 16.8. The van der Waals surface area contributed by atoms with Gasteiger partial charge in [0.25, 0.3) is 0 Å². The van der Waals surface area contributed by atoms with E-state index in [0.717, 1.165) is 31.2 Å². The van der Waals surface area contributed by atoms with Crippen molar-refractivity contribution in [1.29, 1.82) is 0 Å². The molecule has 1 aromatic carbocycles. The standard InChI is InChI=1S/C19H27NO3/c1-14(2)23-18(21)13-17(15-9-5-3-6-10-15)19(22)20-16-11-7-4-8-12-16/h3,5-6,9-10,14,16-17H,4,7-8,11-13H2,1-2H3,(H,20,22). The Morgan fingerprint density at radius 3 is 2.39 bits per heavy atom.